The molecule has 2 aromatic heterocycles. The number of ether oxygens (including phenoxy) is 1. The first-order valence-electron chi connectivity index (χ1n) is 8.64. The van der Waals surface area contributed by atoms with E-state index in [1.807, 2.05) is 56.3 Å². The van der Waals surface area contributed by atoms with Crippen molar-refractivity contribution in [3.63, 3.8) is 0 Å². The van der Waals surface area contributed by atoms with E-state index in [0.717, 1.165) is 32.0 Å². The lowest BCUT2D eigenvalue weighted by molar-refractivity contribution is 0.103. The van der Waals surface area contributed by atoms with Gasteiger partial charge in [0.25, 0.3) is 5.91 Å². The van der Waals surface area contributed by atoms with Gasteiger partial charge < -0.3 is 4.74 Å². The minimum Gasteiger partial charge on any atom is -0.494 e. The Morgan fingerprint density at radius 3 is 2.70 bits per heavy atom. The van der Waals surface area contributed by atoms with Crippen LogP contribution in [0.25, 0.3) is 20.7 Å². The first-order valence-corrected chi connectivity index (χ1v) is 10.3. The Hall–Kier alpha value is -2.70. The monoisotopic (exact) mass is 394 g/mol. The number of nitrogens with zero attached hydrogens (tertiary/aromatic N) is 1. The summed E-state index contributed by atoms with van der Waals surface area (Å²) in [6, 6.07) is 17.8. The summed E-state index contributed by atoms with van der Waals surface area (Å²) in [4.78, 5) is 19.0. The van der Waals surface area contributed by atoms with Crippen LogP contribution < -0.4 is 10.1 Å². The largest absolute Gasteiger partial charge is 0.494 e. The van der Waals surface area contributed by atoms with Crippen molar-refractivity contribution < 1.29 is 9.53 Å². The summed E-state index contributed by atoms with van der Waals surface area (Å²) in [5, 5.41) is 3.52. The lowest BCUT2D eigenvalue weighted by Crippen LogP contribution is -2.09. The number of fused-ring (bicyclic) bond motifs is 1. The average molecular weight is 395 g/mol. The van der Waals surface area contributed by atoms with Crippen molar-refractivity contribution in [2.75, 3.05) is 11.9 Å². The van der Waals surface area contributed by atoms with Crippen LogP contribution in [0, 0.1) is 6.92 Å². The van der Waals surface area contributed by atoms with Crippen molar-refractivity contribution in [2.45, 2.75) is 13.8 Å². The van der Waals surface area contributed by atoms with Crippen LogP contribution in [0.4, 0.5) is 5.13 Å². The zero-order chi connectivity index (χ0) is 18.8. The Labute approximate surface area is 165 Å². The standard InChI is InChI=1S/C21H18N2O2S2/c1-3-25-15-9-10-16-17(12-15)27-21(22-16)23-20(24)18-11-13(2)19(26-18)14-7-5-4-6-8-14/h4-12H,3H2,1-2H3,(H,22,23,24). The Balaban J connectivity index is 1.56. The molecular formula is C21H18N2O2S2. The van der Waals surface area contributed by atoms with E-state index in [1.165, 1.54) is 22.7 Å². The van der Waals surface area contributed by atoms with Crippen LogP contribution in [0.3, 0.4) is 0 Å². The van der Waals surface area contributed by atoms with Crippen LogP contribution in [0.2, 0.25) is 0 Å². The van der Waals surface area contributed by atoms with E-state index in [1.54, 1.807) is 0 Å². The van der Waals surface area contributed by atoms with E-state index in [9.17, 15) is 4.79 Å². The highest BCUT2D eigenvalue weighted by molar-refractivity contribution is 7.22. The Bertz CT molecular complexity index is 1100. The Kier molecular flexibility index (Phi) is 4.92. The van der Waals surface area contributed by atoms with Crippen LogP contribution >= 0.6 is 22.7 Å². The van der Waals surface area contributed by atoms with Gasteiger partial charge in [0.15, 0.2) is 5.13 Å². The van der Waals surface area contributed by atoms with Gasteiger partial charge >= 0.3 is 0 Å². The maximum atomic E-state index is 12.7. The van der Waals surface area contributed by atoms with Crippen LogP contribution in [0.5, 0.6) is 5.75 Å². The lowest BCUT2D eigenvalue weighted by atomic mass is 10.1. The number of nitrogens with one attached hydrogen (secondary N) is 1. The number of thiazole rings is 1. The zero-order valence-electron chi connectivity index (χ0n) is 15.0. The van der Waals surface area contributed by atoms with Crippen molar-refractivity contribution in [3.05, 3.63) is 65.0 Å². The SMILES string of the molecule is CCOc1ccc2nc(NC(=O)c3cc(C)c(-c4ccccc4)s3)sc2c1. The molecule has 4 rings (SSSR count). The summed E-state index contributed by atoms with van der Waals surface area (Å²) >= 11 is 2.95. The van der Waals surface area contributed by atoms with Crippen molar-refractivity contribution in [3.8, 4) is 16.2 Å². The number of hydrogen-bond donors (Lipinski definition) is 1. The predicted octanol–water partition coefficient (Wildman–Crippen LogP) is 5.98. The fraction of sp³-hybridized carbons (Fsp3) is 0.143. The van der Waals surface area contributed by atoms with Gasteiger partial charge in [0.1, 0.15) is 5.75 Å². The molecule has 136 valence electrons. The molecule has 0 atom stereocenters. The third kappa shape index (κ3) is 3.72. The van der Waals surface area contributed by atoms with E-state index in [-0.39, 0.29) is 5.91 Å². The van der Waals surface area contributed by atoms with Gasteiger partial charge in [0.05, 0.1) is 21.7 Å². The van der Waals surface area contributed by atoms with Crippen molar-refractivity contribution in [1.82, 2.24) is 4.98 Å². The molecule has 0 fully saturated rings. The summed E-state index contributed by atoms with van der Waals surface area (Å²) in [7, 11) is 0. The molecule has 1 N–H and O–H groups in total. The molecule has 0 saturated carbocycles. The van der Waals surface area contributed by atoms with E-state index in [2.05, 4.69) is 22.4 Å². The van der Waals surface area contributed by atoms with Crippen LogP contribution in [0.15, 0.2) is 54.6 Å². The van der Waals surface area contributed by atoms with E-state index < -0.39 is 0 Å². The summed E-state index contributed by atoms with van der Waals surface area (Å²) in [6.45, 7) is 4.60. The Morgan fingerprint density at radius 2 is 1.93 bits per heavy atom. The first kappa shape index (κ1) is 17.7. The highest BCUT2D eigenvalue weighted by atomic mass is 32.1. The zero-order valence-corrected chi connectivity index (χ0v) is 16.6. The number of amides is 1. The quantitative estimate of drug-likeness (QED) is 0.453. The summed E-state index contributed by atoms with van der Waals surface area (Å²) in [6.07, 6.45) is 0. The van der Waals surface area contributed by atoms with Gasteiger partial charge in [-0.05, 0) is 49.2 Å². The molecule has 4 aromatic rings. The number of carbonyl (C=O) groups is 1. The van der Waals surface area contributed by atoms with Crippen LogP contribution in [-0.4, -0.2) is 17.5 Å². The smallest absolute Gasteiger partial charge is 0.267 e. The molecule has 4 nitrogen and oxygen atoms in total. The lowest BCUT2D eigenvalue weighted by Gasteiger charge is -2.00. The van der Waals surface area contributed by atoms with Crippen LogP contribution in [-0.2, 0) is 0 Å². The second-order valence-corrected chi connectivity index (χ2v) is 8.11. The second kappa shape index (κ2) is 7.50. The number of anilines is 1. The van der Waals surface area contributed by atoms with Gasteiger partial charge in [0.2, 0.25) is 0 Å². The van der Waals surface area contributed by atoms with Crippen molar-refractivity contribution in [2.24, 2.45) is 0 Å². The van der Waals surface area contributed by atoms with Gasteiger partial charge in [-0.3, -0.25) is 10.1 Å². The number of aryl methyl sites for hydroxylation is 1. The molecule has 0 radical (unpaired) electrons. The molecule has 6 heteroatoms. The number of carbonyl (C=O) groups excluding carboxylic acids is 1. The summed E-state index contributed by atoms with van der Waals surface area (Å²) < 4.78 is 6.51. The highest BCUT2D eigenvalue weighted by Crippen LogP contribution is 2.34. The molecule has 0 saturated heterocycles. The topological polar surface area (TPSA) is 51.2 Å². The van der Waals surface area contributed by atoms with E-state index >= 15 is 0 Å². The van der Waals surface area contributed by atoms with E-state index in [0.29, 0.717) is 16.6 Å². The fourth-order valence-corrected chi connectivity index (χ4v) is 4.81. The van der Waals surface area contributed by atoms with Gasteiger partial charge in [-0.25, -0.2) is 4.98 Å². The molecule has 0 spiro atoms. The van der Waals surface area contributed by atoms with E-state index in [4.69, 9.17) is 4.74 Å². The Morgan fingerprint density at radius 1 is 1.11 bits per heavy atom. The highest BCUT2D eigenvalue weighted by Gasteiger charge is 2.15. The van der Waals surface area contributed by atoms with Gasteiger partial charge in [-0.2, -0.15) is 0 Å². The van der Waals surface area contributed by atoms with Gasteiger partial charge in [-0.15, -0.1) is 11.3 Å². The molecule has 0 unspecified atom stereocenters. The number of thiophene rings is 1. The summed E-state index contributed by atoms with van der Waals surface area (Å²) in [5.41, 5.74) is 3.08. The number of hydrogen-bond acceptors (Lipinski definition) is 5. The van der Waals surface area contributed by atoms with Crippen molar-refractivity contribution >= 4 is 43.9 Å². The summed E-state index contributed by atoms with van der Waals surface area (Å²) in [5.74, 6) is 0.683. The minimum atomic E-state index is -0.130. The molecule has 0 aliphatic rings. The molecule has 2 aromatic carbocycles. The molecule has 1 amide bonds. The second-order valence-electron chi connectivity index (χ2n) is 6.02. The molecule has 27 heavy (non-hydrogen) atoms. The van der Waals surface area contributed by atoms with Gasteiger partial charge in [0, 0.05) is 4.88 Å². The fourth-order valence-electron chi connectivity index (χ4n) is 2.84. The molecular weight excluding hydrogens is 376 g/mol. The number of rotatable bonds is 5. The molecule has 0 aliphatic heterocycles. The molecule has 2 heterocycles. The average Bonchev–Trinajstić information content (AvgIpc) is 3.25. The third-order valence-corrected chi connectivity index (χ3v) is 6.29. The first-order chi connectivity index (χ1) is 13.1. The minimum absolute atomic E-state index is 0.130. The maximum absolute atomic E-state index is 12.7. The molecule has 0 aliphatic carbocycles. The maximum Gasteiger partial charge on any atom is 0.267 e. The molecule has 0 bridgehead atoms. The van der Waals surface area contributed by atoms with Crippen LogP contribution in [0.1, 0.15) is 22.2 Å². The van der Waals surface area contributed by atoms with Gasteiger partial charge in [-0.1, -0.05) is 41.7 Å². The number of benzene rings is 2. The predicted molar refractivity (Wildman–Crippen MR) is 113 cm³/mol. The van der Waals surface area contributed by atoms with Crippen molar-refractivity contribution in [1.29, 1.82) is 0 Å². The third-order valence-electron chi connectivity index (χ3n) is 4.07. The number of aromatic nitrogens is 1. The normalized spacial score (nSPS) is 10.9.